The van der Waals surface area contributed by atoms with Gasteiger partial charge in [-0.1, -0.05) is 30.3 Å². The Morgan fingerprint density at radius 1 is 1.30 bits per heavy atom. The number of amides is 2. The summed E-state index contributed by atoms with van der Waals surface area (Å²) in [5.74, 6) is -0.401. The number of aromatic nitrogens is 2. The second-order valence-electron chi connectivity index (χ2n) is 7.11. The maximum Gasteiger partial charge on any atom is 0.248 e. The molecule has 27 heavy (non-hydrogen) atoms. The van der Waals surface area contributed by atoms with Crippen molar-refractivity contribution in [3.8, 4) is 11.3 Å². The quantitative estimate of drug-likeness (QED) is 0.668. The van der Waals surface area contributed by atoms with Gasteiger partial charge in [0, 0.05) is 43.5 Å². The average Bonchev–Trinajstić information content (AvgIpc) is 3.27. The summed E-state index contributed by atoms with van der Waals surface area (Å²) in [5.41, 5.74) is 3.05. The first-order chi connectivity index (χ1) is 13.1. The zero-order valence-electron chi connectivity index (χ0n) is 15.1. The van der Waals surface area contributed by atoms with E-state index in [0.29, 0.717) is 19.5 Å². The van der Waals surface area contributed by atoms with Gasteiger partial charge in [0.05, 0.1) is 12.3 Å². The van der Waals surface area contributed by atoms with Gasteiger partial charge in [0.15, 0.2) is 0 Å². The highest BCUT2D eigenvalue weighted by Crippen LogP contribution is 2.25. The zero-order valence-corrected chi connectivity index (χ0v) is 15.1. The predicted octanol–water partition coefficient (Wildman–Crippen LogP) is -0.363. The van der Waals surface area contributed by atoms with E-state index in [9.17, 15) is 14.7 Å². The van der Waals surface area contributed by atoms with Crippen LogP contribution < -0.4 is 10.6 Å². The average molecular weight is 369 g/mol. The van der Waals surface area contributed by atoms with E-state index in [1.165, 1.54) is 0 Å². The Hall–Kier alpha value is -2.71. The Kier molecular flexibility index (Phi) is 4.67. The van der Waals surface area contributed by atoms with Crippen LogP contribution in [0.2, 0.25) is 0 Å². The van der Waals surface area contributed by atoms with Gasteiger partial charge < -0.3 is 20.6 Å². The highest BCUT2D eigenvalue weighted by molar-refractivity contribution is 5.97. The number of carbonyl (C=O) groups excluding carboxylic acids is 2. The second-order valence-corrected chi connectivity index (χ2v) is 7.11. The van der Waals surface area contributed by atoms with Crippen LogP contribution in [0.3, 0.4) is 0 Å². The molecule has 3 N–H and O–H groups in total. The minimum atomic E-state index is -0.824. The number of aliphatic hydroxyl groups excluding tert-OH is 1. The fourth-order valence-electron chi connectivity index (χ4n) is 3.89. The lowest BCUT2D eigenvalue weighted by Gasteiger charge is -2.33. The van der Waals surface area contributed by atoms with Crippen molar-refractivity contribution in [2.45, 2.75) is 31.1 Å². The summed E-state index contributed by atoms with van der Waals surface area (Å²) in [6, 6.07) is 8.73. The third-order valence-corrected chi connectivity index (χ3v) is 5.22. The van der Waals surface area contributed by atoms with E-state index in [-0.39, 0.29) is 24.5 Å². The van der Waals surface area contributed by atoms with E-state index in [1.54, 1.807) is 9.58 Å². The summed E-state index contributed by atoms with van der Waals surface area (Å²) in [4.78, 5) is 26.1. The number of benzene rings is 1. The van der Waals surface area contributed by atoms with E-state index in [1.807, 2.05) is 43.6 Å². The van der Waals surface area contributed by atoms with Crippen LogP contribution in [0.4, 0.5) is 0 Å². The Balaban J connectivity index is 1.45. The van der Waals surface area contributed by atoms with E-state index in [4.69, 9.17) is 0 Å². The molecule has 0 unspecified atom stereocenters. The van der Waals surface area contributed by atoms with Crippen molar-refractivity contribution in [1.29, 1.82) is 0 Å². The Morgan fingerprint density at radius 3 is 2.81 bits per heavy atom. The number of rotatable bonds is 5. The smallest absolute Gasteiger partial charge is 0.248 e. The van der Waals surface area contributed by atoms with Crippen LogP contribution >= 0.6 is 0 Å². The molecule has 2 aliphatic rings. The first-order valence-corrected chi connectivity index (χ1v) is 9.10. The molecule has 3 atom stereocenters. The number of hydrogen-bond donors (Lipinski definition) is 3. The molecule has 3 heterocycles. The molecule has 0 radical (unpaired) electrons. The van der Waals surface area contributed by atoms with Crippen LogP contribution in [0.15, 0.2) is 36.5 Å². The zero-order chi connectivity index (χ0) is 19.0. The van der Waals surface area contributed by atoms with Crippen molar-refractivity contribution < 1.29 is 14.7 Å². The van der Waals surface area contributed by atoms with Gasteiger partial charge in [0.2, 0.25) is 11.8 Å². The lowest BCUT2D eigenvalue weighted by Crippen LogP contribution is -2.62. The summed E-state index contributed by atoms with van der Waals surface area (Å²) >= 11 is 0. The number of nitrogens with one attached hydrogen (secondary N) is 2. The number of fused-ring (bicyclic) bond motifs is 1. The molecule has 0 spiro atoms. The van der Waals surface area contributed by atoms with Crippen molar-refractivity contribution in [3.05, 3.63) is 42.1 Å². The minimum Gasteiger partial charge on any atom is -0.394 e. The van der Waals surface area contributed by atoms with Gasteiger partial charge in [0.1, 0.15) is 12.1 Å². The number of aryl methyl sites for hydroxylation is 1. The fraction of sp³-hybridized carbons (Fsp3) is 0.421. The number of carbonyl (C=O) groups is 2. The first kappa shape index (κ1) is 17.7. The molecule has 1 aromatic carbocycles. The van der Waals surface area contributed by atoms with Gasteiger partial charge in [-0.2, -0.15) is 5.10 Å². The summed E-state index contributed by atoms with van der Waals surface area (Å²) in [6.45, 7) is 0.693. The van der Waals surface area contributed by atoms with Crippen molar-refractivity contribution in [2.24, 2.45) is 7.05 Å². The maximum absolute atomic E-state index is 12.4. The Labute approximate surface area is 157 Å². The molecule has 0 bridgehead atoms. The van der Waals surface area contributed by atoms with Crippen molar-refractivity contribution in [2.75, 3.05) is 13.2 Å². The van der Waals surface area contributed by atoms with E-state index in [2.05, 4.69) is 15.7 Å². The van der Waals surface area contributed by atoms with Crippen LogP contribution in [0.5, 0.6) is 0 Å². The van der Waals surface area contributed by atoms with Crippen LogP contribution in [0.1, 0.15) is 12.0 Å². The van der Waals surface area contributed by atoms with Crippen molar-refractivity contribution >= 4 is 11.8 Å². The SMILES string of the molecule is Cn1cc(CN[C@H]2C[C@H]3C(=O)N[C@H](CO)C(=O)N3C2)c(-c2ccccc2)n1. The van der Waals surface area contributed by atoms with Gasteiger partial charge in [-0.25, -0.2) is 0 Å². The number of hydrogen-bond acceptors (Lipinski definition) is 5. The van der Waals surface area contributed by atoms with Gasteiger partial charge in [-0.05, 0) is 6.42 Å². The topological polar surface area (TPSA) is 99.5 Å². The molecule has 0 saturated carbocycles. The second kappa shape index (κ2) is 7.13. The highest BCUT2D eigenvalue weighted by atomic mass is 16.3. The van der Waals surface area contributed by atoms with Gasteiger partial charge in [-0.15, -0.1) is 0 Å². The summed E-state index contributed by atoms with van der Waals surface area (Å²) in [6.07, 6.45) is 2.55. The monoisotopic (exact) mass is 369 g/mol. The van der Waals surface area contributed by atoms with Crippen molar-refractivity contribution in [1.82, 2.24) is 25.3 Å². The van der Waals surface area contributed by atoms with Crippen LogP contribution in [0, 0.1) is 0 Å². The molecule has 142 valence electrons. The van der Waals surface area contributed by atoms with E-state index < -0.39 is 12.1 Å². The standard InChI is InChI=1S/C19H23N5O3/c1-23-9-13(17(22-23)12-5-3-2-4-6-12)8-20-14-7-16-18(26)21-15(11-25)19(27)24(16)10-14/h2-6,9,14-16,20,25H,7-8,10-11H2,1H3,(H,21,26)/t14-,15+,16-/m0/s1. The van der Waals surface area contributed by atoms with Crippen LogP contribution in [0.25, 0.3) is 11.3 Å². The molecule has 2 saturated heterocycles. The molecule has 0 aliphatic carbocycles. The summed E-state index contributed by atoms with van der Waals surface area (Å²) in [5, 5.41) is 19.9. The lowest BCUT2D eigenvalue weighted by molar-refractivity contribution is -0.148. The normalized spacial score (nSPS) is 24.8. The molecular formula is C19H23N5O3. The largest absolute Gasteiger partial charge is 0.394 e. The molecule has 2 aromatic rings. The third kappa shape index (κ3) is 3.33. The minimum absolute atomic E-state index is 0.0194. The lowest BCUT2D eigenvalue weighted by atomic mass is 10.1. The fourth-order valence-corrected chi connectivity index (χ4v) is 3.89. The highest BCUT2D eigenvalue weighted by Gasteiger charge is 2.46. The molecule has 2 aliphatic heterocycles. The number of nitrogens with zero attached hydrogens (tertiary/aromatic N) is 3. The molecule has 4 rings (SSSR count). The van der Waals surface area contributed by atoms with Gasteiger partial charge in [-0.3, -0.25) is 14.3 Å². The molecular weight excluding hydrogens is 346 g/mol. The summed E-state index contributed by atoms with van der Waals surface area (Å²) in [7, 11) is 1.89. The van der Waals surface area contributed by atoms with E-state index >= 15 is 0 Å². The molecule has 8 nitrogen and oxygen atoms in total. The molecule has 2 fully saturated rings. The number of aliphatic hydroxyl groups is 1. The molecule has 1 aromatic heterocycles. The molecule has 8 heteroatoms. The molecule has 2 amide bonds. The first-order valence-electron chi connectivity index (χ1n) is 9.10. The number of piperazine rings is 1. The van der Waals surface area contributed by atoms with Gasteiger partial charge in [0.25, 0.3) is 0 Å². The van der Waals surface area contributed by atoms with Crippen LogP contribution in [-0.4, -0.2) is 62.9 Å². The van der Waals surface area contributed by atoms with E-state index in [0.717, 1.165) is 16.8 Å². The van der Waals surface area contributed by atoms with Crippen molar-refractivity contribution in [3.63, 3.8) is 0 Å². The summed E-state index contributed by atoms with van der Waals surface area (Å²) < 4.78 is 1.79. The third-order valence-electron chi connectivity index (χ3n) is 5.22. The Morgan fingerprint density at radius 2 is 2.07 bits per heavy atom. The maximum atomic E-state index is 12.4. The van der Waals surface area contributed by atoms with Gasteiger partial charge >= 0.3 is 0 Å². The predicted molar refractivity (Wildman–Crippen MR) is 98.4 cm³/mol. The Bertz CT molecular complexity index is 850. The van der Waals surface area contributed by atoms with Crippen LogP contribution in [-0.2, 0) is 23.2 Å².